The highest BCUT2D eigenvalue weighted by atomic mass is 35.5. The highest BCUT2D eigenvalue weighted by Gasteiger charge is 2.04. The quantitative estimate of drug-likeness (QED) is 0.508. The Morgan fingerprint density at radius 3 is 2.29 bits per heavy atom. The van der Waals surface area contributed by atoms with Crippen LogP contribution in [0.1, 0.15) is 20.3 Å². The lowest BCUT2D eigenvalue weighted by Gasteiger charge is -1.95. The fourth-order valence-corrected chi connectivity index (χ4v) is 0.315. The van der Waals surface area contributed by atoms with Crippen molar-refractivity contribution in [3.63, 3.8) is 0 Å². The molecule has 0 amide bonds. The van der Waals surface area contributed by atoms with Crippen LogP contribution in [0.3, 0.4) is 0 Å². The topological polar surface area (TPSA) is 17.1 Å². The summed E-state index contributed by atoms with van der Waals surface area (Å²) < 4.78 is 0. The molecule has 0 bridgehead atoms. The van der Waals surface area contributed by atoms with Crippen molar-refractivity contribution < 1.29 is 4.79 Å². The first-order valence-electron chi connectivity index (χ1n) is 2.37. The van der Waals surface area contributed by atoms with Gasteiger partial charge in [-0.3, -0.25) is 4.79 Å². The van der Waals surface area contributed by atoms with Crippen LogP contribution in [0.4, 0.5) is 0 Å². The maximum absolute atomic E-state index is 10.1. The van der Waals surface area contributed by atoms with Gasteiger partial charge in [-0.05, 0) is 18.0 Å². The van der Waals surface area contributed by atoms with E-state index in [-0.39, 0.29) is 11.2 Å². The number of hydrogen-bond acceptors (Lipinski definition) is 1. The molecule has 0 aromatic rings. The predicted molar refractivity (Wildman–Crippen MR) is 30.3 cm³/mol. The van der Waals surface area contributed by atoms with Crippen LogP contribution in [0, 0.1) is 5.92 Å². The van der Waals surface area contributed by atoms with Gasteiger partial charge < -0.3 is 0 Å². The van der Waals surface area contributed by atoms with E-state index < -0.39 is 0 Å². The molecule has 1 nitrogen and oxygen atoms in total. The number of rotatable bonds is 2. The second-order valence-electron chi connectivity index (χ2n) is 1.61. The van der Waals surface area contributed by atoms with Crippen molar-refractivity contribution >= 4 is 16.8 Å². The van der Waals surface area contributed by atoms with E-state index in [2.05, 4.69) is 0 Å². The molecule has 0 aliphatic heterocycles. The summed E-state index contributed by atoms with van der Waals surface area (Å²) in [6.07, 6.45) is 0.836. The lowest BCUT2D eigenvalue weighted by molar-refractivity contribution is -0.114. The van der Waals surface area contributed by atoms with Crippen molar-refractivity contribution in [1.82, 2.24) is 0 Å². The van der Waals surface area contributed by atoms with Gasteiger partial charge in [0.05, 0.1) is 0 Å². The smallest absolute Gasteiger partial charge is 0.224 e. The van der Waals surface area contributed by atoms with Crippen LogP contribution in [-0.4, -0.2) is 5.24 Å². The Kier molecular flexibility index (Phi) is 3.01. The van der Waals surface area contributed by atoms with Crippen molar-refractivity contribution in [2.24, 2.45) is 5.92 Å². The van der Waals surface area contributed by atoms with E-state index in [9.17, 15) is 4.79 Å². The first kappa shape index (κ1) is 6.96. The Bertz CT molecular complexity index is 70.5. The van der Waals surface area contributed by atoms with Crippen molar-refractivity contribution in [2.75, 3.05) is 0 Å². The molecule has 0 radical (unpaired) electrons. The summed E-state index contributed by atoms with van der Waals surface area (Å²) in [5.74, 6) is 0.0293. The SMILES string of the molecule is CC[C@@H](C)C(=O)Cl. The van der Waals surface area contributed by atoms with Gasteiger partial charge in [0.25, 0.3) is 0 Å². The Labute approximate surface area is 48.7 Å². The van der Waals surface area contributed by atoms with E-state index >= 15 is 0 Å². The molecule has 42 valence electrons. The van der Waals surface area contributed by atoms with Gasteiger partial charge in [-0.15, -0.1) is 0 Å². The third-order valence-corrected chi connectivity index (χ3v) is 1.37. The maximum Gasteiger partial charge on any atom is 0.224 e. The fraction of sp³-hybridized carbons (Fsp3) is 0.800. The van der Waals surface area contributed by atoms with E-state index in [1.54, 1.807) is 0 Å². The number of carbonyl (C=O) groups excluding carboxylic acids is 1. The van der Waals surface area contributed by atoms with E-state index in [0.717, 1.165) is 6.42 Å². The molecule has 0 fully saturated rings. The average Bonchev–Trinajstić information content (AvgIpc) is 1.65. The summed E-state index contributed by atoms with van der Waals surface area (Å²) in [7, 11) is 0. The molecular weight excluding hydrogens is 112 g/mol. The first-order chi connectivity index (χ1) is 3.18. The van der Waals surface area contributed by atoms with Gasteiger partial charge in [0.15, 0.2) is 0 Å². The van der Waals surface area contributed by atoms with Crippen LogP contribution in [0.15, 0.2) is 0 Å². The molecule has 2 heteroatoms. The summed E-state index contributed by atoms with van der Waals surface area (Å²) >= 11 is 5.09. The van der Waals surface area contributed by atoms with Crippen LogP contribution < -0.4 is 0 Å². The molecule has 0 saturated heterocycles. The number of carbonyl (C=O) groups is 1. The van der Waals surface area contributed by atoms with Gasteiger partial charge in [0, 0.05) is 5.92 Å². The summed E-state index contributed by atoms with van der Waals surface area (Å²) in [5, 5.41) is -0.234. The summed E-state index contributed by atoms with van der Waals surface area (Å²) in [6, 6.07) is 0. The monoisotopic (exact) mass is 120 g/mol. The van der Waals surface area contributed by atoms with E-state index in [4.69, 9.17) is 11.6 Å². The van der Waals surface area contributed by atoms with Crippen LogP contribution in [0.25, 0.3) is 0 Å². The Morgan fingerprint density at radius 1 is 1.86 bits per heavy atom. The Hall–Kier alpha value is -0.0400. The second kappa shape index (κ2) is 3.03. The van der Waals surface area contributed by atoms with Gasteiger partial charge in [0.1, 0.15) is 0 Å². The highest BCUT2D eigenvalue weighted by molar-refractivity contribution is 6.63. The molecule has 0 aromatic carbocycles. The van der Waals surface area contributed by atoms with Gasteiger partial charge in [-0.25, -0.2) is 0 Å². The van der Waals surface area contributed by atoms with Crippen LogP contribution in [-0.2, 0) is 4.79 Å². The summed E-state index contributed by atoms with van der Waals surface area (Å²) in [6.45, 7) is 3.75. The minimum atomic E-state index is -0.234. The normalized spacial score (nSPS) is 13.6. The maximum atomic E-state index is 10.1. The third-order valence-electron chi connectivity index (χ3n) is 1.000. The molecule has 0 spiro atoms. The van der Waals surface area contributed by atoms with Crippen LogP contribution in [0.5, 0.6) is 0 Å². The molecule has 0 aromatic heterocycles. The molecule has 0 heterocycles. The van der Waals surface area contributed by atoms with Crippen molar-refractivity contribution in [2.45, 2.75) is 20.3 Å². The van der Waals surface area contributed by atoms with E-state index in [1.165, 1.54) is 0 Å². The van der Waals surface area contributed by atoms with Crippen LogP contribution >= 0.6 is 11.6 Å². The Balaban J connectivity index is 3.34. The van der Waals surface area contributed by atoms with Gasteiger partial charge in [-0.1, -0.05) is 13.8 Å². The molecule has 0 aliphatic carbocycles. The minimum Gasteiger partial charge on any atom is -0.281 e. The molecule has 0 aliphatic rings. The molecule has 7 heavy (non-hydrogen) atoms. The van der Waals surface area contributed by atoms with E-state index in [0.29, 0.717) is 0 Å². The molecule has 0 unspecified atom stereocenters. The number of hydrogen-bond donors (Lipinski definition) is 0. The standard InChI is InChI=1S/C5H9ClO/c1-3-4(2)5(6)7/h4H,3H2,1-2H3/t4-/m1/s1. The average molecular weight is 121 g/mol. The zero-order valence-corrected chi connectivity index (χ0v) is 5.33. The van der Waals surface area contributed by atoms with Crippen molar-refractivity contribution in [3.8, 4) is 0 Å². The lowest BCUT2D eigenvalue weighted by atomic mass is 10.1. The molecule has 0 rings (SSSR count). The molecule has 0 saturated carbocycles. The molecular formula is C5H9ClO. The molecule has 1 atom stereocenters. The Morgan fingerprint density at radius 2 is 2.29 bits per heavy atom. The van der Waals surface area contributed by atoms with Gasteiger partial charge in [-0.2, -0.15) is 0 Å². The van der Waals surface area contributed by atoms with Crippen molar-refractivity contribution in [3.05, 3.63) is 0 Å². The fourth-order valence-electron chi connectivity index (χ4n) is 0.160. The van der Waals surface area contributed by atoms with Gasteiger partial charge in [0.2, 0.25) is 5.24 Å². The zero-order chi connectivity index (χ0) is 5.86. The largest absolute Gasteiger partial charge is 0.281 e. The second-order valence-corrected chi connectivity index (χ2v) is 1.99. The summed E-state index contributed by atoms with van der Waals surface area (Å²) in [5.41, 5.74) is 0. The van der Waals surface area contributed by atoms with E-state index in [1.807, 2.05) is 13.8 Å². The summed E-state index contributed by atoms with van der Waals surface area (Å²) in [4.78, 5) is 10.1. The predicted octanol–water partition coefficient (Wildman–Crippen LogP) is 1.80. The highest BCUT2D eigenvalue weighted by Crippen LogP contribution is 2.03. The number of halogens is 1. The molecule has 0 N–H and O–H groups in total. The first-order valence-corrected chi connectivity index (χ1v) is 2.75. The third kappa shape index (κ3) is 2.63. The van der Waals surface area contributed by atoms with Crippen LogP contribution in [0.2, 0.25) is 0 Å². The van der Waals surface area contributed by atoms with Gasteiger partial charge >= 0.3 is 0 Å². The zero-order valence-electron chi connectivity index (χ0n) is 4.57. The van der Waals surface area contributed by atoms with Crippen molar-refractivity contribution in [1.29, 1.82) is 0 Å². The minimum absolute atomic E-state index is 0.0293. The lowest BCUT2D eigenvalue weighted by Crippen LogP contribution is -1.99.